The highest BCUT2D eigenvalue weighted by molar-refractivity contribution is 5.97. The lowest BCUT2D eigenvalue weighted by Crippen LogP contribution is -2.37. The van der Waals surface area contributed by atoms with E-state index in [1.165, 1.54) is 5.56 Å². The topological polar surface area (TPSA) is 59.5 Å². The van der Waals surface area contributed by atoms with Crippen LogP contribution in [0.25, 0.3) is 0 Å². The number of benzene rings is 1. The number of ether oxygens (including phenoxy) is 1. The van der Waals surface area contributed by atoms with Crippen LogP contribution >= 0.6 is 0 Å². The van der Waals surface area contributed by atoms with E-state index in [4.69, 9.17) is 4.74 Å². The van der Waals surface area contributed by atoms with Crippen LogP contribution in [0.15, 0.2) is 42.7 Å². The lowest BCUT2D eigenvalue weighted by Gasteiger charge is -2.25. The molecule has 0 spiro atoms. The van der Waals surface area contributed by atoms with Crippen molar-refractivity contribution in [1.82, 2.24) is 9.88 Å². The molecule has 27 heavy (non-hydrogen) atoms. The smallest absolute Gasteiger partial charge is 0.223 e. The van der Waals surface area contributed by atoms with E-state index in [9.17, 15) is 9.59 Å². The summed E-state index contributed by atoms with van der Waals surface area (Å²) in [5, 5.41) is 0. The maximum Gasteiger partial charge on any atom is 0.223 e. The Morgan fingerprint density at radius 1 is 1.26 bits per heavy atom. The normalized spacial score (nSPS) is 16.4. The number of nitrogens with zero attached hydrogens (tertiary/aromatic N) is 2. The Labute approximate surface area is 160 Å². The Bertz CT molecular complexity index is 804. The maximum atomic E-state index is 12.7. The first kappa shape index (κ1) is 19.1. The molecule has 1 aliphatic heterocycles. The molecule has 1 unspecified atom stereocenters. The molecule has 1 fully saturated rings. The average Bonchev–Trinajstić information content (AvgIpc) is 3.15. The summed E-state index contributed by atoms with van der Waals surface area (Å²) in [6.45, 7) is 2.81. The van der Waals surface area contributed by atoms with Crippen molar-refractivity contribution in [2.45, 2.75) is 45.1 Å². The molecule has 0 bridgehead atoms. The number of carbonyl (C=O) groups is 2. The summed E-state index contributed by atoms with van der Waals surface area (Å²) in [6, 6.07) is 9.87. The fraction of sp³-hybridized carbons (Fsp3) is 0.409. The van der Waals surface area contributed by atoms with Crippen molar-refractivity contribution in [1.29, 1.82) is 0 Å². The highest BCUT2D eigenvalue weighted by atomic mass is 16.5. The lowest BCUT2D eigenvalue weighted by molar-refractivity contribution is -0.131. The zero-order valence-electron chi connectivity index (χ0n) is 16.0. The molecule has 0 radical (unpaired) electrons. The highest BCUT2D eigenvalue weighted by Crippen LogP contribution is 2.25. The SMILES string of the molecule is COc1ccc(CC2CCCN2C(=O)CCC(=O)c2cccnc2)cc1C. The van der Waals surface area contributed by atoms with Crippen molar-refractivity contribution in [3.05, 3.63) is 59.4 Å². The Morgan fingerprint density at radius 3 is 2.81 bits per heavy atom. The van der Waals surface area contributed by atoms with E-state index in [-0.39, 0.29) is 30.6 Å². The van der Waals surface area contributed by atoms with E-state index in [1.807, 2.05) is 17.9 Å². The number of amides is 1. The third kappa shape index (κ3) is 4.73. The fourth-order valence-corrected chi connectivity index (χ4v) is 3.75. The summed E-state index contributed by atoms with van der Waals surface area (Å²) in [7, 11) is 1.67. The van der Waals surface area contributed by atoms with Crippen LogP contribution in [0, 0.1) is 6.92 Å². The first-order valence-electron chi connectivity index (χ1n) is 9.44. The van der Waals surface area contributed by atoms with Crippen LogP contribution in [0.4, 0.5) is 0 Å². The predicted molar refractivity (Wildman–Crippen MR) is 104 cm³/mol. The summed E-state index contributed by atoms with van der Waals surface area (Å²) >= 11 is 0. The van der Waals surface area contributed by atoms with Crippen molar-refractivity contribution in [3.8, 4) is 5.75 Å². The number of methoxy groups -OCH3 is 1. The van der Waals surface area contributed by atoms with Gasteiger partial charge in [0.05, 0.1) is 7.11 Å². The third-order valence-electron chi connectivity index (χ3n) is 5.18. The summed E-state index contributed by atoms with van der Waals surface area (Å²) in [6.07, 6.45) is 6.54. The summed E-state index contributed by atoms with van der Waals surface area (Å²) < 4.78 is 5.32. The second-order valence-electron chi connectivity index (χ2n) is 7.06. The Hall–Kier alpha value is -2.69. The van der Waals surface area contributed by atoms with Gasteiger partial charge >= 0.3 is 0 Å². The molecule has 1 aromatic heterocycles. The van der Waals surface area contributed by atoms with Gasteiger partial charge in [-0.2, -0.15) is 0 Å². The Kier molecular flexibility index (Phi) is 6.22. The number of Topliss-reactive ketones (excluding diaryl/α,β-unsaturated/α-hetero) is 1. The van der Waals surface area contributed by atoms with Crippen LogP contribution in [-0.2, 0) is 11.2 Å². The molecule has 1 aliphatic rings. The van der Waals surface area contributed by atoms with E-state index >= 15 is 0 Å². The molecule has 1 aromatic carbocycles. The summed E-state index contributed by atoms with van der Waals surface area (Å²) in [5.41, 5.74) is 2.88. The zero-order chi connectivity index (χ0) is 19.2. The molecule has 1 atom stereocenters. The van der Waals surface area contributed by atoms with Gasteiger partial charge in [0.25, 0.3) is 0 Å². The molecule has 142 valence electrons. The monoisotopic (exact) mass is 366 g/mol. The van der Waals surface area contributed by atoms with Gasteiger partial charge < -0.3 is 9.64 Å². The number of likely N-dealkylation sites (tertiary alicyclic amines) is 1. The minimum Gasteiger partial charge on any atom is -0.496 e. The second-order valence-corrected chi connectivity index (χ2v) is 7.06. The maximum absolute atomic E-state index is 12.7. The van der Waals surface area contributed by atoms with E-state index in [1.54, 1.807) is 31.6 Å². The summed E-state index contributed by atoms with van der Waals surface area (Å²) in [5.74, 6) is 0.921. The van der Waals surface area contributed by atoms with E-state index < -0.39 is 0 Å². The molecule has 0 aliphatic carbocycles. The van der Waals surface area contributed by atoms with Gasteiger partial charge in [-0.25, -0.2) is 0 Å². The lowest BCUT2D eigenvalue weighted by atomic mass is 10.0. The zero-order valence-corrected chi connectivity index (χ0v) is 16.0. The number of aryl methyl sites for hydroxylation is 1. The van der Waals surface area contributed by atoms with Gasteiger partial charge in [-0.15, -0.1) is 0 Å². The summed E-state index contributed by atoms with van der Waals surface area (Å²) in [4.78, 5) is 30.8. The number of hydrogen-bond acceptors (Lipinski definition) is 4. The van der Waals surface area contributed by atoms with Gasteiger partial charge in [-0.1, -0.05) is 12.1 Å². The third-order valence-corrected chi connectivity index (χ3v) is 5.18. The van der Waals surface area contributed by atoms with Crippen molar-refractivity contribution in [3.63, 3.8) is 0 Å². The second kappa shape index (κ2) is 8.80. The van der Waals surface area contributed by atoms with Crippen LogP contribution in [0.1, 0.15) is 47.2 Å². The first-order chi connectivity index (χ1) is 13.1. The highest BCUT2D eigenvalue weighted by Gasteiger charge is 2.29. The molecular weight excluding hydrogens is 340 g/mol. The number of hydrogen-bond donors (Lipinski definition) is 0. The standard InChI is InChI=1S/C22H26N2O3/c1-16-13-17(7-9-21(16)27-2)14-19-6-4-12-24(19)22(26)10-8-20(25)18-5-3-11-23-15-18/h3,5,7,9,11,13,15,19H,4,6,8,10,12,14H2,1-2H3. The first-order valence-corrected chi connectivity index (χ1v) is 9.44. The molecule has 2 heterocycles. The molecule has 1 amide bonds. The van der Waals surface area contributed by atoms with E-state index in [0.29, 0.717) is 5.56 Å². The van der Waals surface area contributed by atoms with Gasteiger partial charge in [0.15, 0.2) is 5.78 Å². The number of rotatable bonds is 7. The molecule has 5 heteroatoms. The number of ketones is 1. The van der Waals surface area contributed by atoms with Crippen LogP contribution in [0.5, 0.6) is 5.75 Å². The fourth-order valence-electron chi connectivity index (χ4n) is 3.75. The van der Waals surface area contributed by atoms with Gasteiger partial charge in [-0.3, -0.25) is 14.6 Å². The van der Waals surface area contributed by atoms with Gasteiger partial charge in [0.1, 0.15) is 5.75 Å². The molecule has 1 saturated heterocycles. The number of pyridine rings is 1. The van der Waals surface area contributed by atoms with Crippen molar-refractivity contribution in [2.75, 3.05) is 13.7 Å². The van der Waals surface area contributed by atoms with Gasteiger partial charge in [0.2, 0.25) is 5.91 Å². The van der Waals surface area contributed by atoms with Crippen LogP contribution in [0.2, 0.25) is 0 Å². The molecule has 3 rings (SSSR count). The quantitative estimate of drug-likeness (QED) is 0.703. The minimum absolute atomic E-state index is 0.0297. The Balaban J connectivity index is 1.58. The van der Waals surface area contributed by atoms with Crippen molar-refractivity contribution in [2.24, 2.45) is 0 Å². The molecule has 0 N–H and O–H groups in total. The molecule has 2 aromatic rings. The van der Waals surface area contributed by atoms with Gasteiger partial charge in [-0.05, 0) is 55.5 Å². The predicted octanol–water partition coefficient (Wildman–Crippen LogP) is 3.60. The largest absolute Gasteiger partial charge is 0.496 e. The Morgan fingerprint density at radius 2 is 2.11 bits per heavy atom. The van der Waals surface area contributed by atoms with Crippen molar-refractivity contribution < 1.29 is 14.3 Å². The molecular formula is C22H26N2O3. The van der Waals surface area contributed by atoms with Crippen molar-refractivity contribution >= 4 is 11.7 Å². The van der Waals surface area contributed by atoms with E-state index in [2.05, 4.69) is 17.1 Å². The van der Waals surface area contributed by atoms with E-state index in [0.717, 1.165) is 37.1 Å². The minimum atomic E-state index is -0.0297. The van der Waals surface area contributed by atoms with Gasteiger partial charge in [0, 0.05) is 43.4 Å². The van der Waals surface area contributed by atoms with Crippen LogP contribution < -0.4 is 4.74 Å². The molecule has 5 nitrogen and oxygen atoms in total. The number of aromatic nitrogens is 1. The number of carbonyl (C=O) groups excluding carboxylic acids is 2. The van der Waals surface area contributed by atoms with Crippen LogP contribution in [0.3, 0.4) is 0 Å². The average molecular weight is 366 g/mol. The van der Waals surface area contributed by atoms with Crippen LogP contribution in [-0.4, -0.2) is 41.3 Å². The molecule has 0 saturated carbocycles.